The Morgan fingerprint density at radius 3 is 2.90 bits per heavy atom. The molecule has 3 N–H and O–H groups in total. The van der Waals surface area contributed by atoms with Crippen LogP contribution >= 0.6 is 22.6 Å². The van der Waals surface area contributed by atoms with Crippen LogP contribution in [0.15, 0.2) is 30.0 Å². The fourth-order valence-electron chi connectivity index (χ4n) is 3.19. The van der Waals surface area contributed by atoms with Gasteiger partial charge in [-0.15, -0.1) is 0 Å². The number of aliphatic hydroxyl groups excluding tert-OH is 1. The molecule has 1 saturated carbocycles. The smallest absolute Gasteiger partial charge is 0.327 e. The zero-order valence-electron chi connectivity index (χ0n) is 16.0. The average Bonchev–Trinajstić information content (AvgIpc) is 3.37. The Kier molecular flexibility index (Phi) is 4.95. The standard InChI is InChI=1S/C20H16IN7O3/c21-15-7-14(4-1-10(15)8-22)31-20-26-17-12(5-11-6-16(29)25-18(11)30)9-23-28(17)19(27-20)24-13-2-3-13/h1,4-5,7,9,13,16,29H,2-3,6H2,(H,25,30)(H,24,26,27)/b11-5+. The minimum Gasteiger partial charge on any atom is -0.424 e. The fourth-order valence-corrected chi connectivity index (χ4v) is 3.80. The maximum atomic E-state index is 12.0. The van der Waals surface area contributed by atoms with Crippen LogP contribution in [0.5, 0.6) is 11.8 Å². The van der Waals surface area contributed by atoms with E-state index in [2.05, 4.69) is 54.4 Å². The lowest BCUT2D eigenvalue weighted by Crippen LogP contribution is -2.24. The third-order valence-electron chi connectivity index (χ3n) is 4.89. The molecule has 1 unspecified atom stereocenters. The average molecular weight is 529 g/mol. The molecule has 1 atom stereocenters. The van der Waals surface area contributed by atoms with Gasteiger partial charge in [0.05, 0.1) is 11.8 Å². The van der Waals surface area contributed by atoms with Gasteiger partial charge in [0.15, 0.2) is 5.65 Å². The van der Waals surface area contributed by atoms with E-state index in [4.69, 9.17) is 10.00 Å². The number of amides is 1. The first kappa shape index (κ1) is 19.7. The molecule has 5 rings (SSSR count). The molecule has 0 bridgehead atoms. The van der Waals surface area contributed by atoms with Crippen molar-refractivity contribution in [3.8, 4) is 17.8 Å². The van der Waals surface area contributed by atoms with Crippen LogP contribution in [0.25, 0.3) is 11.7 Å². The molecular formula is C20H16IN7O3. The number of nitrogens with zero attached hydrogens (tertiary/aromatic N) is 5. The molecule has 2 aliphatic rings. The first-order chi connectivity index (χ1) is 15.0. The quantitative estimate of drug-likeness (QED) is 0.338. The Labute approximate surface area is 190 Å². The van der Waals surface area contributed by atoms with Crippen LogP contribution in [0.1, 0.15) is 30.4 Å². The Morgan fingerprint density at radius 1 is 1.39 bits per heavy atom. The molecule has 3 aromatic rings. The Hall–Kier alpha value is -3.24. The van der Waals surface area contributed by atoms with Crippen molar-refractivity contribution in [1.82, 2.24) is 24.9 Å². The molecule has 0 spiro atoms. The summed E-state index contributed by atoms with van der Waals surface area (Å²) >= 11 is 2.07. The third-order valence-corrected chi connectivity index (χ3v) is 5.78. The lowest BCUT2D eigenvalue weighted by Gasteiger charge is -2.10. The second-order valence-electron chi connectivity index (χ2n) is 7.30. The monoisotopic (exact) mass is 529 g/mol. The molecular weight excluding hydrogens is 513 g/mol. The SMILES string of the molecule is N#Cc1ccc(Oc2nc(NC3CC3)n3ncc(/C=C4\CC(O)NC4=O)c3n2)cc1I. The number of aromatic nitrogens is 4. The van der Waals surface area contributed by atoms with Crippen molar-refractivity contribution in [3.05, 3.63) is 44.7 Å². The predicted octanol–water partition coefficient (Wildman–Crippen LogP) is 2.19. The van der Waals surface area contributed by atoms with E-state index in [1.54, 1.807) is 35.0 Å². The van der Waals surface area contributed by atoms with Crippen LogP contribution in [-0.4, -0.2) is 42.9 Å². The van der Waals surface area contributed by atoms with Gasteiger partial charge >= 0.3 is 6.01 Å². The molecule has 1 saturated heterocycles. The van der Waals surface area contributed by atoms with Crippen LogP contribution in [0.4, 0.5) is 5.95 Å². The molecule has 1 aliphatic carbocycles. The minimum atomic E-state index is -0.889. The highest BCUT2D eigenvalue weighted by Gasteiger charge is 2.26. The zero-order valence-corrected chi connectivity index (χ0v) is 18.2. The van der Waals surface area contributed by atoms with Gasteiger partial charge in [-0.2, -0.15) is 24.8 Å². The second kappa shape index (κ2) is 7.78. The third kappa shape index (κ3) is 4.04. The van der Waals surface area contributed by atoms with E-state index in [9.17, 15) is 9.90 Å². The number of nitriles is 1. The first-order valence-electron chi connectivity index (χ1n) is 9.59. The lowest BCUT2D eigenvalue weighted by atomic mass is 10.1. The van der Waals surface area contributed by atoms with Crippen molar-refractivity contribution >= 4 is 46.2 Å². The van der Waals surface area contributed by atoms with Gasteiger partial charge in [-0.3, -0.25) is 4.79 Å². The first-order valence-corrected chi connectivity index (χ1v) is 10.7. The Balaban J connectivity index is 1.55. The van der Waals surface area contributed by atoms with E-state index in [1.807, 2.05) is 0 Å². The summed E-state index contributed by atoms with van der Waals surface area (Å²) in [6, 6.07) is 7.67. The number of fused-ring (bicyclic) bond motifs is 1. The molecule has 1 aromatic carbocycles. The van der Waals surface area contributed by atoms with E-state index in [1.165, 1.54) is 0 Å². The number of anilines is 1. The van der Waals surface area contributed by atoms with Crippen molar-refractivity contribution in [1.29, 1.82) is 5.26 Å². The van der Waals surface area contributed by atoms with Crippen molar-refractivity contribution < 1.29 is 14.6 Å². The van der Waals surface area contributed by atoms with E-state index >= 15 is 0 Å². The molecule has 1 amide bonds. The number of hydrogen-bond acceptors (Lipinski definition) is 8. The number of halogens is 1. The fraction of sp³-hybridized carbons (Fsp3) is 0.250. The molecule has 2 fully saturated rings. The van der Waals surface area contributed by atoms with Gasteiger partial charge in [0.2, 0.25) is 11.9 Å². The second-order valence-corrected chi connectivity index (χ2v) is 8.46. The number of rotatable bonds is 5. The van der Waals surface area contributed by atoms with Crippen LogP contribution in [0.3, 0.4) is 0 Å². The summed E-state index contributed by atoms with van der Waals surface area (Å²) < 4.78 is 8.22. The number of hydrogen-bond donors (Lipinski definition) is 3. The highest BCUT2D eigenvalue weighted by atomic mass is 127. The number of nitrogens with one attached hydrogen (secondary N) is 2. The maximum absolute atomic E-state index is 12.0. The summed E-state index contributed by atoms with van der Waals surface area (Å²) in [5, 5.41) is 28.9. The largest absolute Gasteiger partial charge is 0.424 e. The highest BCUT2D eigenvalue weighted by Crippen LogP contribution is 2.29. The van der Waals surface area contributed by atoms with E-state index in [0.29, 0.717) is 40.1 Å². The molecule has 11 heteroatoms. The number of carbonyl (C=O) groups is 1. The Morgan fingerprint density at radius 2 is 2.23 bits per heavy atom. The minimum absolute atomic E-state index is 0.118. The number of ether oxygens (including phenoxy) is 1. The van der Waals surface area contributed by atoms with Gasteiger partial charge in [-0.25, -0.2) is 0 Å². The molecule has 156 valence electrons. The highest BCUT2D eigenvalue weighted by molar-refractivity contribution is 14.1. The van der Waals surface area contributed by atoms with Gasteiger partial charge in [0, 0.05) is 27.2 Å². The summed E-state index contributed by atoms with van der Waals surface area (Å²) in [6.45, 7) is 0. The lowest BCUT2D eigenvalue weighted by molar-refractivity contribution is -0.117. The topological polar surface area (TPSA) is 137 Å². The molecule has 3 heterocycles. The molecule has 10 nitrogen and oxygen atoms in total. The summed E-state index contributed by atoms with van der Waals surface area (Å²) in [4.78, 5) is 21.0. The zero-order chi connectivity index (χ0) is 21.5. The number of carbonyl (C=O) groups excluding carboxylic acids is 1. The van der Waals surface area contributed by atoms with Crippen molar-refractivity contribution in [2.45, 2.75) is 31.5 Å². The Bertz CT molecular complexity index is 1280. The van der Waals surface area contributed by atoms with Crippen LogP contribution in [0.2, 0.25) is 0 Å². The molecule has 0 radical (unpaired) electrons. The summed E-state index contributed by atoms with van der Waals surface area (Å²) in [6.07, 6.45) is 4.68. The van der Waals surface area contributed by atoms with Crippen LogP contribution < -0.4 is 15.4 Å². The number of aliphatic hydroxyl groups is 1. The van der Waals surface area contributed by atoms with E-state index in [0.717, 1.165) is 16.4 Å². The van der Waals surface area contributed by atoms with Gasteiger partial charge in [-0.1, -0.05) is 0 Å². The molecule has 2 aromatic heterocycles. The predicted molar refractivity (Wildman–Crippen MR) is 118 cm³/mol. The normalized spacial score (nSPS) is 19.5. The van der Waals surface area contributed by atoms with Crippen molar-refractivity contribution in [2.75, 3.05) is 5.32 Å². The van der Waals surface area contributed by atoms with Gasteiger partial charge < -0.3 is 20.5 Å². The summed E-state index contributed by atoms with van der Waals surface area (Å²) in [5.74, 6) is 0.676. The molecule has 31 heavy (non-hydrogen) atoms. The summed E-state index contributed by atoms with van der Waals surface area (Å²) in [7, 11) is 0. The van der Waals surface area contributed by atoms with Crippen LogP contribution in [0, 0.1) is 14.9 Å². The van der Waals surface area contributed by atoms with Crippen molar-refractivity contribution in [2.24, 2.45) is 0 Å². The van der Waals surface area contributed by atoms with Gasteiger partial charge in [0.25, 0.3) is 0 Å². The maximum Gasteiger partial charge on any atom is 0.327 e. The van der Waals surface area contributed by atoms with E-state index < -0.39 is 6.23 Å². The van der Waals surface area contributed by atoms with E-state index in [-0.39, 0.29) is 18.3 Å². The molecule has 1 aliphatic heterocycles. The van der Waals surface area contributed by atoms with Gasteiger partial charge in [-0.05, 0) is 59.7 Å². The summed E-state index contributed by atoms with van der Waals surface area (Å²) in [5.41, 5.74) is 2.09. The van der Waals surface area contributed by atoms with Crippen molar-refractivity contribution in [3.63, 3.8) is 0 Å². The van der Waals surface area contributed by atoms with Gasteiger partial charge in [0.1, 0.15) is 18.0 Å². The van der Waals surface area contributed by atoms with Crippen LogP contribution in [-0.2, 0) is 4.79 Å². The number of benzene rings is 1.